The van der Waals surface area contributed by atoms with E-state index in [-0.39, 0.29) is 5.91 Å². The summed E-state index contributed by atoms with van der Waals surface area (Å²) >= 11 is 1.61. The Morgan fingerprint density at radius 1 is 1.22 bits per heavy atom. The molecule has 0 saturated heterocycles. The molecule has 0 saturated carbocycles. The van der Waals surface area contributed by atoms with Crippen molar-refractivity contribution in [2.45, 2.75) is 19.0 Å². The maximum atomic E-state index is 12.4. The molecule has 2 aromatic heterocycles. The van der Waals surface area contributed by atoms with Crippen molar-refractivity contribution in [3.8, 4) is 0 Å². The summed E-state index contributed by atoms with van der Waals surface area (Å²) in [6, 6.07) is 9.23. The van der Waals surface area contributed by atoms with Crippen molar-refractivity contribution in [2.24, 2.45) is 7.05 Å². The molecule has 0 atom stereocenters. The molecule has 0 aliphatic heterocycles. The zero-order chi connectivity index (χ0) is 19.2. The predicted octanol–water partition coefficient (Wildman–Crippen LogP) is 3.09. The Hall–Kier alpha value is -2.87. The monoisotopic (exact) mass is 382 g/mol. The molecular formula is C19H22N6OS. The molecule has 1 amide bonds. The number of carbonyl (C=O) groups excluding carboxylic acids is 1. The summed E-state index contributed by atoms with van der Waals surface area (Å²) < 4.78 is 1.96. The normalized spacial score (nSPS) is 10.6. The first-order valence-corrected chi connectivity index (χ1v) is 9.57. The fourth-order valence-corrected chi connectivity index (χ4v) is 3.35. The molecule has 3 rings (SSSR count). The molecule has 0 aliphatic rings. The van der Waals surface area contributed by atoms with E-state index in [2.05, 4.69) is 25.6 Å². The second-order valence-electron chi connectivity index (χ2n) is 6.07. The van der Waals surface area contributed by atoms with Gasteiger partial charge in [0.15, 0.2) is 5.16 Å². The minimum atomic E-state index is -0.103. The van der Waals surface area contributed by atoms with Crippen molar-refractivity contribution in [1.29, 1.82) is 0 Å². The van der Waals surface area contributed by atoms with E-state index >= 15 is 0 Å². The number of aryl methyl sites for hydroxylation is 3. The van der Waals surface area contributed by atoms with E-state index in [9.17, 15) is 4.79 Å². The van der Waals surface area contributed by atoms with E-state index in [1.165, 1.54) is 0 Å². The molecule has 0 radical (unpaired) electrons. The second kappa shape index (κ2) is 8.68. The Bertz CT molecular complexity index is 919. The lowest BCUT2D eigenvalue weighted by Gasteiger charge is -2.09. The van der Waals surface area contributed by atoms with Gasteiger partial charge in [0.1, 0.15) is 11.6 Å². The van der Waals surface area contributed by atoms with E-state index in [1.54, 1.807) is 24.0 Å². The van der Waals surface area contributed by atoms with Gasteiger partial charge in [0.25, 0.3) is 5.91 Å². The van der Waals surface area contributed by atoms with E-state index in [4.69, 9.17) is 0 Å². The molecule has 0 spiro atoms. The Labute approximate surface area is 162 Å². The third kappa shape index (κ3) is 5.30. The third-order valence-electron chi connectivity index (χ3n) is 3.76. The van der Waals surface area contributed by atoms with Crippen LogP contribution in [0.2, 0.25) is 0 Å². The molecular weight excluding hydrogens is 360 g/mol. The molecule has 7 nitrogen and oxygen atoms in total. The molecule has 2 heterocycles. The number of thioether (sulfide) groups is 1. The first kappa shape index (κ1) is 18.9. The molecule has 0 fully saturated rings. The summed E-state index contributed by atoms with van der Waals surface area (Å²) in [7, 11) is 1.95. The van der Waals surface area contributed by atoms with Gasteiger partial charge in [-0.1, -0.05) is 17.8 Å². The highest BCUT2D eigenvalue weighted by Crippen LogP contribution is 2.17. The number of imidazole rings is 1. The molecule has 1 aromatic carbocycles. The number of hydrogen-bond acceptors (Lipinski definition) is 6. The Kier molecular flexibility index (Phi) is 6.08. The second-order valence-corrected chi connectivity index (χ2v) is 7.13. The van der Waals surface area contributed by atoms with Crippen LogP contribution in [0.3, 0.4) is 0 Å². The number of benzene rings is 1. The zero-order valence-electron chi connectivity index (χ0n) is 15.6. The van der Waals surface area contributed by atoms with Crippen LogP contribution in [0.4, 0.5) is 11.5 Å². The van der Waals surface area contributed by atoms with Gasteiger partial charge in [-0.25, -0.2) is 15.0 Å². The van der Waals surface area contributed by atoms with Crippen LogP contribution in [0.1, 0.15) is 21.9 Å². The van der Waals surface area contributed by atoms with Crippen molar-refractivity contribution in [2.75, 3.05) is 17.6 Å². The number of carbonyl (C=O) groups is 1. The topological polar surface area (TPSA) is 84.7 Å². The quantitative estimate of drug-likeness (QED) is 0.482. The summed E-state index contributed by atoms with van der Waals surface area (Å²) in [5.41, 5.74) is 2.30. The van der Waals surface area contributed by atoms with E-state index < -0.39 is 0 Å². The molecule has 2 N–H and O–H groups in total. The Morgan fingerprint density at radius 2 is 2.07 bits per heavy atom. The molecule has 140 valence electrons. The van der Waals surface area contributed by atoms with Crippen molar-refractivity contribution in [3.05, 3.63) is 59.8 Å². The summed E-state index contributed by atoms with van der Waals surface area (Å²) in [6.45, 7) is 4.34. The van der Waals surface area contributed by atoms with Gasteiger partial charge >= 0.3 is 0 Å². The van der Waals surface area contributed by atoms with Crippen LogP contribution in [0.5, 0.6) is 0 Å². The minimum Gasteiger partial charge on any atom is -0.351 e. The number of nitrogens with one attached hydrogen (secondary N) is 2. The van der Waals surface area contributed by atoms with Crippen LogP contribution >= 0.6 is 11.8 Å². The maximum absolute atomic E-state index is 12.4. The van der Waals surface area contributed by atoms with Crippen molar-refractivity contribution in [3.63, 3.8) is 0 Å². The molecule has 27 heavy (non-hydrogen) atoms. The average Bonchev–Trinajstić information content (AvgIpc) is 3.03. The van der Waals surface area contributed by atoms with Crippen molar-refractivity contribution in [1.82, 2.24) is 24.8 Å². The standard InChI is InChI=1S/C19H22N6OS/c1-13-11-17(23-14(2)22-13)24-16-6-4-5-15(12-16)18(26)20-8-10-27-19-21-7-9-25(19)3/h4-7,9,11-12H,8,10H2,1-3H3,(H,20,26)(H,22,23,24). The third-order valence-corrected chi connectivity index (χ3v) is 4.82. The molecule has 0 unspecified atom stereocenters. The molecule has 3 aromatic rings. The Balaban J connectivity index is 1.56. The van der Waals surface area contributed by atoms with Crippen molar-refractivity contribution < 1.29 is 4.79 Å². The largest absolute Gasteiger partial charge is 0.351 e. The van der Waals surface area contributed by atoms with E-state index in [1.807, 2.05) is 55.9 Å². The van der Waals surface area contributed by atoms with Gasteiger partial charge in [0, 0.05) is 54.8 Å². The summed E-state index contributed by atoms with van der Waals surface area (Å²) in [5.74, 6) is 2.07. The van der Waals surface area contributed by atoms with Gasteiger partial charge < -0.3 is 15.2 Å². The predicted molar refractivity (Wildman–Crippen MR) is 107 cm³/mol. The summed E-state index contributed by atoms with van der Waals surface area (Å²) in [6.07, 6.45) is 3.67. The fraction of sp³-hybridized carbons (Fsp3) is 0.263. The number of nitrogens with zero attached hydrogens (tertiary/aromatic N) is 4. The molecule has 0 bridgehead atoms. The van der Waals surface area contributed by atoms with Gasteiger partial charge in [-0.3, -0.25) is 4.79 Å². The first-order chi connectivity index (χ1) is 13.0. The van der Waals surface area contributed by atoms with Crippen LogP contribution < -0.4 is 10.6 Å². The van der Waals surface area contributed by atoms with Crippen LogP contribution in [-0.2, 0) is 7.05 Å². The number of aromatic nitrogens is 4. The summed E-state index contributed by atoms with van der Waals surface area (Å²) in [5, 5.41) is 7.10. The molecule has 8 heteroatoms. The SMILES string of the molecule is Cc1cc(Nc2cccc(C(=O)NCCSc3nccn3C)c2)nc(C)n1. The number of amides is 1. The van der Waals surface area contributed by atoms with Crippen LogP contribution in [0, 0.1) is 13.8 Å². The fourth-order valence-electron chi connectivity index (χ4n) is 2.57. The van der Waals surface area contributed by atoms with Gasteiger partial charge in [-0.05, 0) is 32.0 Å². The summed E-state index contributed by atoms with van der Waals surface area (Å²) in [4.78, 5) is 25.3. The average molecular weight is 382 g/mol. The lowest BCUT2D eigenvalue weighted by Crippen LogP contribution is -2.25. The first-order valence-electron chi connectivity index (χ1n) is 8.59. The van der Waals surface area contributed by atoms with Crippen LogP contribution in [-0.4, -0.2) is 37.7 Å². The smallest absolute Gasteiger partial charge is 0.251 e. The number of hydrogen-bond donors (Lipinski definition) is 2. The Morgan fingerprint density at radius 3 is 2.81 bits per heavy atom. The molecule has 0 aliphatic carbocycles. The van der Waals surface area contributed by atoms with Gasteiger partial charge in [-0.15, -0.1) is 0 Å². The van der Waals surface area contributed by atoms with Crippen molar-refractivity contribution >= 4 is 29.2 Å². The number of rotatable bonds is 7. The minimum absolute atomic E-state index is 0.103. The lowest BCUT2D eigenvalue weighted by molar-refractivity contribution is 0.0956. The highest BCUT2D eigenvalue weighted by molar-refractivity contribution is 7.99. The zero-order valence-corrected chi connectivity index (χ0v) is 16.4. The van der Waals surface area contributed by atoms with Gasteiger partial charge in [0.2, 0.25) is 0 Å². The highest BCUT2D eigenvalue weighted by Gasteiger charge is 2.07. The highest BCUT2D eigenvalue weighted by atomic mass is 32.2. The van der Waals surface area contributed by atoms with Crippen LogP contribution in [0.15, 0.2) is 47.9 Å². The van der Waals surface area contributed by atoms with E-state index in [0.29, 0.717) is 23.8 Å². The lowest BCUT2D eigenvalue weighted by atomic mass is 10.2. The van der Waals surface area contributed by atoms with Gasteiger partial charge in [-0.2, -0.15) is 0 Å². The van der Waals surface area contributed by atoms with Crippen LogP contribution in [0.25, 0.3) is 0 Å². The number of anilines is 2. The van der Waals surface area contributed by atoms with E-state index in [0.717, 1.165) is 22.3 Å². The maximum Gasteiger partial charge on any atom is 0.251 e. The van der Waals surface area contributed by atoms with Gasteiger partial charge in [0.05, 0.1) is 0 Å².